The lowest BCUT2D eigenvalue weighted by molar-refractivity contribution is -0.137. The zero-order valence-electron chi connectivity index (χ0n) is 14.9. The highest BCUT2D eigenvalue weighted by molar-refractivity contribution is 7.89. The highest BCUT2D eigenvalue weighted by Gasteiger charge is 2.51. The Morgan fingerprint density at radius 1 is 1.00 bits per heavy atom. The molecule has 0 radical (unpaired) electrons. The van der Waals surface area contributed by atoms with Gasteiger partial charge in [0.1, 0.15) is 0 Å². The van der Waals surface area contributed by atoms with Crippen LogP contribution in [-0.4, -0.2) is 22.9 Å². The normalized spacial score (nSPS) is 20.8. The number of fused-ring (bicyclic) bond motifs is 7. The number of benzene rings is 2. The summed E-state index contributed by atoms with van der Waals surface area (Å²) in [6.07, 6.45) is -3.05. The summed E-state index contributed by atoms with van der Waals surface area (Å²) < 4.78 is 94.3. The van der Waals surface area contributed by atoms with Gasteiger partial charge in [-0.1, -0.05) is 0 Å². The highest BCUT2D eigenvalue weighted by Crippen LogP contribution is 2.54. The third-order valence-electron chi connectivity index (χ3n) is 5.54. The molecule has 2 aliphatic heterocycles. The molecule has 0 amide bonds. The van der Waals surface area contributed by atoms with Crippen LogP contribution in [0.25, 0.3) is 0 Å². The van der Waals surface area contributed by atoms with Gasteiger partial charge in [-0.05, 0) is 47.5 Å². The summed E-state index contributed by atoms with van der Waals surface area (Å²) in [5.74, 6) is -2.21. The van der Waals surface area contributed by atoms with Crippen LogP contribution < -0.4 is 0 Å². The Balaban J connectivity index is 1.66. The molecule has 0 spiro atoms. The van der Waals surface area contributed by atoms with E-state index in [1.54, 1.807) is 0 Å². The molecule has 2 aromatic carbocycles. The van der Waals surface area contributed by atoms with Crippen molar-refractivity contribution in [2.24, 2.45) is 0 Å². The fraction of sp³-hybridized carbons (Fsp3) is 0.211. The Kier molecular flexibility index (Phi) is 3.91. The van der Waals surface area contributed by atoms with Crippen LogP contribution in [0.5, 0.6) is 0 Å². The van der Waals surface area contributed by atoms with E-state index in [1.165, 1.54) is 6.20 Å². The number of H-pyrrole nitrogens is 1. The van der Waals surface area contributed by atoms with Gasteiger partial charge in [0.2, 0.25) is 10.0 Å². The lowest BCUT2D eigenvalue weighted by Crippen LogP contribution is -2.37. The minimum absolute atomic E-state index is 0.143. The zero-order chi connectivity index (χ0) is 21.4. The van der Waals surface area contributed by atoms with Gasteiger partial charge < -0.3 is 0 Å². The molecule has 3 heterocycles. The van der Waals surface area contributed by atoms with E-state index in [9.17, 15) is 30.4 Å². The van der Waals surface area contributed by atoms with Gasteiger partial charge in [-0.3, -0.25) is 5.10 Å². The van der Waals surface area contributed by atoms with Crippen LogP contribution in [0.4, 0.5) is 22.0 Å². The van der Waals surface area contributed by atoms with Crippen LogP contribution in [0.2, 0.25) is 0 Å². The Morgan fingerprint density at radius 2 is 1.63 bits per heavy atom. The first kappa shape index (κ1) is 19.2. The monoisotopic (exact) mass is 441 g/mol. The minimum Gasteiger partial charge on any atom is -0.282 e. The number of halogens is 5. The molecular formula is C19H12F5N3O2S. The molecule has 2 atom stereocenters. The summed E-state index contributed by atoms with van der Waals surface area (Å²) in [4.78, 5) is -0.341. The number of nitrogens with one attached hydrogen (secondary N) is 1. The van der Waals surface area contributed by atoms with Crippen LogP contribution in [0.15, 0.2) is 47.5 Å². The van der Waals surface area contributed by atoms with Crippen LogP contribution in [-0.2, 0) is 22.6 Å². The zero-order valence-corrected chi connectivity index (χ0v) is 15.7. The molecule has 0 fully saturated rings. The van der Waals surface area contributed by atoms with Crippen molar-refractivity contribution in [3.05, 3.63) is 82.2 Å². The van der Waals surface area contributed by atoms with E-state index in [4.69, 9.17) is 0 Å². The van der Waals surface area contributed by atoms with Gasteiger partial charge in [0.15, 0.2) is 11.6 Å². The van der Waals surface area contributed by atoms with Gasteiger partial charge in [0.05, 0.1) is 28.7 Å². The molecule has 11 heteroatoms. The van der Waals surface area contributed by atoms with E-state index >= 15 is 0 Å². The molecule has 0 aliphatic carbocycles. The highest BCUT2D eigenvalue weighted by atomic mass is 32.2. The first-order valence-corrected chi connectivity index (χ1v) is 10.2. The Labute approximate surface area is 167 Å². The maximum Gasteiger partial charge on any atom is 0.416 e. The van der Waals surface area contributed by atoms with Crippen molar-refractivity contribution >= 4 is 10.0 Å². The molecule has 1 N–H and O–H groups in total. The van der Waals surface area contributed by atoms with Gasteiger partial charge in [0, 0.05) is 17.7 Å². The summed E-state index contributed by atoms with van der Waals surface area (Å²) in [7, 11) is -4.29. The van der Waals surface area contributed by atoms with E-state index in [0.717, 1.165) is 28.6 Å². The van der Waals surface area contributed by atoms with E-state index < -0.39 is 45.5 Å². The third kappa shape index (κ3) is 2.61. The number of alkyl halides is 3. The van der Waals surface area contributed by atoms with Crippen molar-refractivity contribution in [3.8, 4) is 0 Å². The summed E-state index contributed by atoms with van der Waals surface area (Å²) in [6.45, 7) is 0. The van der Waals surface area contributed by atoms with Crippen LogP contribution in [0.1, 0.15) is 40.0 Å². The van der Waals surface area contributed by atoms with Gasteiger partial charge in [-0.25, -0.2) is 17.2 Å². The van der Waals surface area contributed by atoms with Crippen molar-refractivity contribution in [3.63, 3.8) is 0 Å². The number of hydrogen-bond acceptors (Lipinski definition) is 3. The van der Waals surface area contributed by atoms with Crippen LogP contribution in [0.3, 0.4) is 0 Å². The predicted octanol–water partition coefficient (Wildman–Crippen LogP) is 4.10. The lowest BCUT2D eigenvalue weighted by Gasteiger charge is -2.33. The average molecular weight is 441 g/mol. The van der Waals surface area contributed by atoms with Crippen molar-refractivity contribution < 1.29 is 30.4 Å². The number of rotatable bonds is 2. The smallest absolute Gasteiger partial charge is 0.282 e. The van der Waals surface area contributed by atoms with Crippen molar-refractivity contribution in [2.45, 2.75) is 29.6 Å². The topological polar surface area (TPSA) is 66.1 Å². The second-order valence-corrected chi connectivity index (χ2v) is 9.02. The predicted molar refractivity (Wildman–Crippen MR) is 93.7 cm³/mol. The fourth-order valence-electron chi connectivity index (χ4n) is 4.22. The van der Waals surface area contributed by atoms with E-state index in [2.05, 4.69) is 10.2 Å². The molecule has 2 aliphatic rings. The first-order chi connectivity index (χ1) is 14.1. The molecule has 5 rings (SSSR count). The van der Waals surface area contributed by atoms with E-state index in [1.807, 2.05) is 0 Å². The van der Waals surface area contributed by atoms with Gasteiger partial charge >= 0.3 is 6.18 Å². The lowest BCUT2D eigenvalue weighted by atomic mass is 10.0. The van der Waals surface area contributed by atoms with Crippen molar-refractivity contribution in [1.82, 2.24) is 14.5 Å². The molecule has 0 unspecified atom stereocenters. The number of sulfonamides is 1. The van der Waals surface area contributed by atoms with Crippen molar-refractivity contribution in [1.29, 1.82) is 0 Å². The maximum absolute atomic E-state index is 14.0. The SMILES string of the molecule is O=S(=O)(c1ccc(C(F)(F)F)cc1)N1[C@@H]2c3cc(F)c(F)cc3[C@H]1Cc1[nH]ncc12. The Morgan fingerprint density at radius 3 is 2.27 bits per heavy atom. The molecule has 3 aromatic rings. The molecule has 0 saturated carbocycles. The summed E-state index contributed by atoms with van der Waals surface area (Å²) in [6, 6.07) is 3.28. The molecule has 2 bridgehead atoms. The third-order valence-corrected chi connectivity index (χ3v) is 7.43. The molecule has 5 nitrogen and oxygen atoms in total. The second-order valence-electron chi connectivity index (χ2n) is 7.18. The minimum atomic E-state index is -4.61. The molecule has 0 saturated heterocycles. The van der Waals surface area contributed by atoms with Crippen LogP contribution in [0, 0.1) is 11.6 Å². The standard InChI is InChI=1S/C19H12F5N3O2S/c20-14-5-11-12(6-15(14)21)18-13-8-25-26-16(13)7-17(11)27(18)30(28,29)10-3-1-9(2-4-10)19(22,23)24/h1-6,8,17-18H,7H2,(H,25,26)/t17-,18-/m1/s1. The summed E-state index contributed by atoms with van der Waals surface area (Å²) in [5, 5.41) is 6.70. The van der Waals surface area contributed by atoms with Gasteiger partial charge in [-0.2, -0.15) is 22.6 Å². The quantitative estimate of drug-likeness (QED) is 0.609. The Hall–Kier alpha value is -2.79. The van der Waals surface area contributed by atoms with Crippen LogP contribution >= 0.6 is 0 Å². The summed E-state index contributed by atoms with van der Waals surface area (Å²) >= 11 is 0. The number of aromatic nitrogens is 2. The molecule has 30 heavy (non-hydrogen) atoms. The molecule has 1 aromatic heterocycles. The average Bonchev–Trinajstić information content (AvgIpc) is 3.24. The van der Waals surface area contributed by atoms with Gasteiger partial charge in [-0.15, -0.1) is 0 Å². The van der Waals surface area contributed by atoms with E-state index in [-0.39, 0.29) is 16.9 Å². The number of aromatic amines is 1. The number of hydrogen-bond donors (Lipinski definition) is 1. The Bertz CT molecular complexity index is 1270. The fourth-order valence-corrected chi connectivity index (χ4v) is 5.97. The molecule has 156 valence electrons. The largest absolute Gasteiger partial charge is 0.416 e. The summed E-state index contributed by atoms with van der Waals surface area (Å²) in [5.41, 5.74) is 0.758. The van der Waals surface area contributed by atoms with Gasteiger partial charge in [0.25, 0.3) is 0 Å². The molecular weight excluding hydrogens is 429 g/mol. The number of nitrogens with zero attached hydrogens (tertiary/aromatic N) is 2. The van der Waals surface area contributed by atoms with Crippen molar-refractivity contribution in [2.75, 3.05) is 0 Å². The second kappa shape index (κ2) is 6.11. The first-order valence-electron chi connectivity index (χ1n) is 8.81. The van der Waals surface area contributed by atoms with E-state index in [0.29, 0.717) is 29.0 Å². The maximum atomic E-state index is 14.0.